The van der Waals surface area contributed by atoms with E-state index in [2.05, 4.69) is 17.1 Å². The molecule has 2 aliphatic rings. The van der Waals surface area contributed by atoms with E-state index in [0.717, 1.165) is 18.5 Å². The van der Waals surface area contributed by atoms with Crippen LogP contribution in [0, 0.1) is 5.92 Å². The molecule has 1 saturated carbocycles. The number of hydrogen-bond donors (Lipinski definition) is 1. The zero-order valence-corrected chi connectivity index (χ0v) is 10.7. The van der Waals surface area contributed by atoms with Gasteiger partial charge in [0.25, 0.3) is 0 Å². The molecular formula is C13H26N2O. The molecule has 16 heavy (non-hydrogen) atoms. The summed E-state index contributed by atoms with van der Waals surface area (Å²) in [5.74, 6) is 0.977. The van der Waals surface area contributed by atoms with Gasteiger partial charge in [0, 0.05) is 32.8 Å². The smallest absolute Gasteiger partial charge is 0.0670 e. The molecule has 0 aromatic rings. The number of ether oxygens (including phenoxy) is 1. The van der Waals surface area contributed by atoms with E-state index in [0.29, 0.717) is 6.10 Å². The topological polar surface area (TPSA) is 24.5 Å². The summed E-state index contributed by atoms with van der Waals surface area (Å²) in [5.41, 5.74) is 0. The van der Waals surface area contributed by atoms with Crippen LogP contribution in [0.1, 0.15) is 32.6 Å². The van der Waals surface area contributed by atoms with Gasteiger partial charge in [0.05, 0.1) is 6.10 Å². The summed E-state index contributed by atoms with van der Waals surface area (Å²) in [4.78, 5) is 2.61. The number of hydrogen-bond acceptors (Lipinski definition) is 3. The van der Waals surface area contributed by atoms with Crippen LogP contribution in [0.25, 0.3) is 0 Å². The molecule has 2 atom stereocenters. The fourth-order valence-electron chi connectivity index (χ4n) is 2.55. The molecule has 1 heterocycles. The van der Waals surface area contributed by atoms with Crippen molar-refractivity contribution in [3.8, 4) is 0 Å². The summed E-state index contributed by atoms with van der Waals surface area (Å²) in [5, 5.41) is 3.59. The second-order valence-corrected chi connectivity index (χ2v) is 5.50. The molecule has 1 N–H and O–H groups in total. The molecule has 2 rings (SSSR count). The van der Waals surface area contributed by atoms with E-state index in [9.17, 15) is 0 Å². The Labute approximate surface area is 99.5 Å². The van der Waals surface area contributed by atoms with E-state index in [-0.39, 0.29) is 0 Å². The highest BCUT2D eigenvalue weighted by Gasteiger charge is 2.27. The van der Waals surface area contributed by atoms with E-state index in [1.54, 1.807) is 0 Å². The average Bonchev–Trinajstić information content (AvgIpc) is 2.93. The van der Waals surface area contributed by atoms with Crippen molar-refractivity contribution >= 4 is 0 Å². The van der Waals surface area contributed by atoms with Crippen molar-refractivity contribution in [2.75, 3.05) is 33.3 Å². The molecule has 94 valence electrons. The van der Waals surface area contributed by atoms with E-state index < -0.39 is 0 Å². The molecule has 3 heteroatoms. The molecule has 0 aromatic carbocycles. The predicted molar refractivity (Wildman–Crippen MR) is 66.7 cm³/mol. The third-order valence-electron chi connectivity index (χ3n) is 3.77. The monoisotopic (exact) mass is 226 g/mol. The zero-order chi connectivity index (χ0) is 11.4. The van der Waals surface area contributed by atoms with Crippen molar-refractivity contribution in [1.82, 2.24) is 10.2 Å². The maximum Gasteiger partial charge on any atom is 0.0670 e. The molecule has 0 aromatic heterocycles. The van der Waals surface area contributed by atoms with Gasteiger partial charge in [0.2, 0.25) is 0 Å². The largest absolute Gasteiger partial charge is 0.380 e. The van der Waals surface area contributed by atoms with Crippen molar-refractivity contribution in [1.29, 1.82) is 0 Å². The second kappa shape index (κ2) is 5.99. The van der Waals surface area contributed by atoms with Crippen LogP contribution in [0.2, 0.25) is 0 Å². The summed E-state index contributed by atoms with van der Waals surface area (Å²) in [7, 11) is 1.81. The van der Waals surface area contributed by atoms with Gasteiger partial charge in [-0.05, 0) is 45.1 Å². The van der Waals surface area contributed by atoms with Gasteiger partial charge < -0.3 is 10.1 Å². The van der Waals surface area contributed by atoms with Crippen molar-refractivity contribution < 1.29 is 4.74 Å². The molecule has 0 spiro atoms. The lowest BCUT2D eigenvalue weighted by Gasteiger charge is -2.27. The molecule has 1 saturated heterocycles. The summed E-state index contributed by atoms with van der Waals surface area (Å²) in [6.07, 6.45) is 5.94. The van der Waals surface area contributed by atoms with Gasteiger partial charge in [-0.3, -0.25) is 4.90 Å². The van der Waals surface area contributed by atoms with Crippen LogP contribution < -0.4 is 5.32 Å². The normalized spacial score (nSPS) is 27.6. The van der Waals surface area contributed by atoms with Crippen LogP contribution >= 0.6 is 0 Å². The van der Waals surface area contributed by atoms with E-state index >= 15 is 0 Å². The zero-order valence-electron chi connectivity index (χ0n) is 10.7. The summed E-state index contributed by atoms with van der Waals surface area (Å²) in [6.45, 7) is 6.96. The number of rotatable bonds is 7. The van der Waals surface area contributed by atoms with Crippen LogP contribution in [0.4, 0.5) is 0 Å². The first kappa shape index (κ1) is 12.3. The first-order chi connectivity index (χ1) is 7.78. The third kappa shape index (κ3) is 4.04. The highest BCUT2D eigenvalue weighted by atomic mass is 16.5. The van der Waals surface area contributed by atoms with Crippen LogP contribution in [-0.4, -0.2) is 50.3 Å². The van der Waals surface area contributed by atoms with Crippen LogP contribution in [0.15, 0.2) is 0 Å². The van der Waals surface area contributed by atoms with E-state index in [4.69, 9.17) is 4.74 Å². The quantitative estimate of drug-likeness (QED) is 0.712. The highest BCUT2D eigenvalue weighted by molar-refractivity contribution is 4.83. The Morgan fingerprint density at radius 2 is 2.12 bits per heavy atom. The Morgan fingerprint density at radius 3 is 2.69 bits per heavy atom. The van der Waals surface area contributed by atoms with Gasteiger partial charge in [-0.1, -0.05) is 0 Å². The van der Waals surface area contributed by atoms with Crippen molar-refractivity contribution in [2.45, 2.75) is 44.8 Å². The van der Waals surface area contributed by atoms with Crippen molar-refractivity contribution in [3.63, 3.8) is 0 Å². The van der Waals surface area contributed by atoms with Crippen LogP contribution in [-0.2, 0) is 4.74 Å². The maximum atomic E-state index is 5.39. The molecule has 1 aliphatic heterocycles. The van der Waals surface area contributed by atoms with Gasteiger partial charge in [-0.15, -0.1) is 0 Å². The van der Waals surface area contributed by atoms with Crippen LogP contribution in [0.5, 0.6) is 0 Å². The molecule has 0 bridgehead atoms. The lowest BCUT2D eigenvalue weighted by molar-refractivity contribution is 0.0722. The Morgan fingerprint density at radius 1 is 1.31 bits per heavy atom. The molecule has 2 unspecified atom stereocenters. The fraction of sp³-hybridized carbons (Fsp3) is 1.00. The Balaban J connectivity index is 1.75. The molecular weight excluding hydrogens is 200 g/mol. The number of nitrogens with zero attached hydrogens (tertiary/aromatic N) is 1. The first-order valence-corrected chi connectivity index (χ1v) is 6.76. The Hall–Kier alpha value is -0.120. The minimum atomic E-state index is 0.361. The standard InChI is InChI=1S/C13H26N2O/c1-11(16-2)8-15(9-12-5-6-12)10-13-4-3-7-14-13/h11-14H,3-10H2,1-2H3. The fourth-order valence-corrected chi connectivity index (χ4v) is 2.55. The van der Waals surface area contributed by atoms with Gasteiger partial charge >= 0.3 is 0 Å². The average molecular weight is 226 g/mol. The van der Waals surface area contributed by atoms with Gasteiger partial charge in [0.15, 0.2) is 0 Å². The summed E-state index contributed by atoms with van der Waals surface area (Å²) in [6, 6.07) is 0.725. The van der Waals surface area contributed by atoms with Crippen molar-refractivity contribution in [3.05, 3.63) is 0 Å². The highest BCUT2D eigenvalue weighted by Crippen LogP contribution is 2.30. The van der Waals surface area contributed by atoms with E-state index in [1.165, 1.54) is 45.3 Å². The van der Waals surface area contributed by atoms with Crippen molar-refractivity contribution in [2.24, 2.45) is 5.92 Å². The lowest BCUT2D eigenvalue weighted by atomic mass is 10.2. The summed E-state index contributed by atoms with van der Waals surface area (Å²) < 4.78 is 5.39. The maximum absolute atomic E-state index is 5.39. The van der Waals surface area contributed by atoms with Crippen LogP contribution in [0.3, 0.4) is 0 Å². The number of methoxy groups -OCH3 is 1. The molecule has 3 nitrogen and oxygen atoms in total. The molecule has 0 amide bonds. The van der Waals surface area contributed by atoms with Gasteiger partial charge in [-0.25, -0.2) is 0 Å². The van der Waals surface area contributed by atoms with Gasteiger partial charge in [-0.2, -0.15) is 0 Å². The molecule has 1 aliphatic carbocycles. The van der Waals surface area contributed by atoms with Gasteiger partial charge in [0.1, 0.15) is 0 Å². The lowest BCUT2D eigenvalue weighted by Crippen LogP contribution is -2.42. The Kier molecular flexibility index (Phi) is 4.62. The molecule has 0 radical (unpaired) electrons. The minimum absolute atomic E-state index is 0.361. The Bertz CT molecular complexity index is 200. The predicted octanol–water partition coefficient (Wildman–Crippen LogP) is 1.49. The third-order valence-corrected chi connectivity index (χ3v) is 3.77. The first-order valence-electron chi connectivity index (χ1n) is 6.76. The second-order valence-electron chi connectivity index (χ2n) is 5.50. The minimum Gasteiger partial charge on any atom is -0.380 e. The van der Waals surface area contributed by atoms with E-state index in [1.807, 2.05) is 7.11 Å². The SMILES string of the molecule is COC(C)CN(CC1CC1)CC1CCCN1. The molecule has 2 fully saturated rings. The number of nitrogens with one attached hydrogen (secondary N) is 1. The summed E-state index contributed by atoms with van der Waals surface area (Å²) >= 11 is 0.